The fourth-order valence-corrected chi connectivity index (χ4v) is 4.94. The molecule has 178 valence electrons. The van der Waals surface area contributed by atoms with Crippen LogP contribution in [0.1, 0.15) is 46.2 Å². The van der Waals surface area contributed by atoms with E-state index in [0.29, 0.717) is 18.4 Å². The van der Waals surface area contributed by atoms with E-state index in [1.807, 2.05) is 6.07 Å². The smallest absolute Gasteiger partial charge is 0.374 e. The van der Waals surface area contributed by atoms with Gasteiger partial charge in [-0.15, -0.1) is 0 Å². The van der Waals surface area contributed by atoms with Gasteiger partial charge in [-0.3, -0.25) is 9.59 Å². The summed E-state index contributed by atoms with van der Waals surface area (Å²) in [5.41, 5.74) is 1.30. The van der Waals surface area contributed by atoms with Crippen LogP contribution >= 0.6 is 0 Å². The topological polar surface area (TPSA) is 135 Å². The Morgan fingerprint density at radius 3 is 2.55 bits per heavy atom. The van der Waals surface area contributed by atoms with Crippen molar-refractivity contribution in [3.05, 3.63) is 53.3 Å². The number of furan rings is 1. The van der Waals surface area contributed by atoms with Crippen molar-refractivity contribution in [2.45, 2.75) is 31.4 Å². The molecule has 1 aromatic heterocycles. The number of carbonyl (C=O) groups is 3. The Balaban J connectivity index is 1.54. The maximum absolute atomic E-state index is 12.8. The first-order valence-electron chi connectivity index (χ1n) is 10.6. The maximum Gasteiger partial charge on any atom is 0.374 e. The molecule has 11 heteroatoms. The van der Waals surface area contributed by atoms with Gasteiger partial charge in [-0.1, -0.05) is 12.1 Å². The molecule has 0 spiro atoms. The standard InChI is InChI=1S/C22H27N3O7S/c1-3-31-22(28)18-7-8-19(32-18)33(29,30)25-11-9-16(10-12-25)21(27)24-14-15-5-4-6-17(13-15)20(26)23-2/h4-8,13,16H,3,9-12,14H2,1-2H3,(H,23,26)(H,24,27). The van der Waals surface area contributed by atoms with E-state index in [2.05, 4.69) is 10.6 Å². The highest BCUT2D eigenvalue weighted by atomic mass is 32.2. The number of esters is 1. The molecule has 0 radical (unpaired) electrons. The van der Waals surface area contributed by atoms with Gasteiger partial charge in [-0.05, 0) is 49.6 Å². The molecule has 0 bridgehead atoms. The lowest BCUT2D eigenvalue weighted by Crippen LogP contribution is -2.42. The zero-order valence-corrected chi connectivity index (χ0v) is 19.3. The van der Waals surface area contributed by atoms with E-state index >= 15 is 0 Å². The predicted octanol–water partition coefficient (Wildman–Crippen LogP) is 1.53. The highest BCUT2D eigenvalue weighted by Crippen LogP contribution is 2.25. The van der Waals surface area contributed by atoms with E-state index in [-0.39, 0.29) is 54.8 Å². The first kappa shape index (κ1) is 24.5. The lowest BCUT2D eigenvalue weighted by Gasteiger charge is -2.29. The third kappa shape index (κ3) is 5.79. The molecule has 1 aromatic carbocycles. The number of sulfonamides is 1. The van der Waals surface area contributed by atoms with Crippen LogP contribution in [-0.4, -0.2) is 57.3 Å². The molecule has 33 heavy (non-hydrogen) atoms. The Hall–Kier alpha value is -3.18. The van der Waals surface area contributed by atoms with Crippen molar-refractivity contribution in [1.82, 2.24) is 14.9 Å². The quantitative estimate of drug-likeness (QED) is 0.551. The molecule has 0 atom stereocenters. The van der Waals surface area contributed by atoms with Crippen LogP contribution in [-0.2, 0) is 26.1 Å². The summed E-state index contributed by atoms with van der Waals surface area (Å²) in [4.78, 5) is 36.1. The summed E-state index contributed by atoms with van der Waals surface area (Å²) < 4.78 is 36.9. The van der Waals surface area contributed by atoms with Crippen molar-refractivity contribution in [1.29, 1.82) is 0 Å². The third-order valence-corrected chi connectivity index (χ3v) is 7.13. The molecule has 2 aromatic rings. The van der Waals surface area contributed by atoms with Gasteiger partial charge in [0.25, 0.3) is 15.9 Å². The Labute approximate surface area is 192 Å². The highest BCUT2D eigenvalue weighted by molar-refractivity contribution is 7.89. The summed E-state index contributed by atoms with van der Waals surface area (Å²) in [5, 5.41) is 5.08. The van der Waals surface area contributed by atoms with Crippen LogP contribution in [0.3, 0.4) is 0 Å². The van der Waals surface area contributed by atoms with Crippen molar-refractivity contribution in [3.8, 4) is 0 Å². The average Bonchev–Trinajstić information content (AvgIpc) is 3.34. The molecule has 0 saturated carbocycles. The minimum absolute atomic E-state index is 0.150. The number of hydrogen-bond acceptors (Lipinski definition) is 7. The van der Waals surface area contributed by atoms with Crippen molar-refractivity contribution >= 4 is 27.8 Å². The molecule has 0 aliphatic carbocycles. The van der Waals surface area contributed by atoms with Crippen LogP contribution in [0.15, 0.2) is 45.9 Å². The van der Waals surface area contributed by atoms with Crippen molar-refractivity contribution in [3.63, 3.8) is 0 Å². The van der Waals surface area contributed by atoms with Crippen LogP contribution in [0.2, 0.25) is 0 Å². The van der Waals surface area contributed by atoms with Crippen LogP contribution in [0.25, 0.3) is 0 Å². The fourth-order valence-electron chi connectivity index (χ4n) is 3.56. The summed E-state index contributed by atoms with van der Waals surface area (Å²) in [5.74, 6) is -1.60. The number of nitrogens with zero attached hydrogens (tertiary/aromatic N) is 1. The van der Waals surface area contributed by atoms with Gasteiger partial charge in [0.15, 0.2) is 0 Å². The number of carbonyl (C=O) groups excluding carboxylic acids is 3. The van der Waals surface area contributed by atoms with E-state index in [4.69, 9.17) is 9.15 Å². The number of benzene rings is 1. The van der Waals surface area contributed by atoms with Gasteiger partial charge >= 0.3 is 5.97 Å². The lowest BCUT2D eigenvalue weighted by atomic mass is 9.97. The van der Waals surface area contributed by atoms with Crippen molar-refractivity contribution in [2.75, 3.05) is 26.7 Å². The van der Waals surface area contributed by atoms with Gasteiger partial charge in [-0.25, -0.2) is 13.2 Å². The second kappa shape index (κ2) is 10.6. The lowest BCUT2D eigenvalue weighted by molar-refractivity contribution is -0.126. The van der Waals surface area contributed by atoms with E-state index < -0.39 is 16.0 Å². The molecule has 2 heterocycles. The zero-order valence-electron chi connectivity index (χ0n) is 18.5. The molecular formula is C22H27N3O7S. The summed E-state index contributed by atoms with van der Waals surface area (Å²) in [6.45, 7) is 2.37. The average molecular weight is 478 g/mol. The normalized spacial score (nSPS) is 15.1. The minimum Gasteiger partial charge on any atom is -0.460 e. The van der Waals surface area contributed by atoms with E-state index in [9.17, 15) is 22.8 Å². The molecule has 3 rings (SSSR count). The van der Waals surface area contributed by atoms with Crippen LogP contribution in [0, 0.1) is 5.92 Å². The van der Waals surface area contributed by atoms with Gasteiger partial charge in [0.1, 0.15) is 0 Å². The Morgan fingerprint density at radius 1 is 1.15 bits per heavy atom. The second-order valence-electron chi connectivity index (χ2n) is 7.51. The van der Waals surface area contributed by atoms with Crippen molar-refractivity contribution < 1.29 is 32.0 Å². The SMILES string of the molecule is CCOC(=O)c1ccc(S(=O)(=O)N2CCC(C(=O)NCc3cccc(C(=O)NC)c3)CC2)o1. The molecule has 2 amide bonds. The molecule has 1 saturated heterocycles. The second-order valence-corrected chi connectivity index (χ2v) is 9.38. The van der Waals surface area contributed by atoms with Crippen LogP contribution in [0.4, 0.5) is 0 Å². The molecule has 10 nitrogen and oxygen atoms in total. The van der Waals surface area contributed by atoms with E-state index in [0.717, 1.165) is 5.56 Å². The summed E-state index contributed by atoms with van der Waals surface area (Å²) >= 11 is 0. The predicted molar refractivity (Wildman–Crippen MR) is 118 cm³/mol. The summed E-state index contributed by atoms with van der Waals surface area (Å²) in [6, 6.07) is 9.46. The van der Waals surface area contributed by atoms with Gasteiger partial charge in [0, 0.05) is 38.2 Å². The first-order chi connectivity index (χ1) is 15.8. The number of nitrogens with one attached hydrogen (secondary N) is 2. The first-order valence-corrected chi connectivity index (χ1v) is 12.1. The Kier molecular flexibility index (Phi) is 7.88. The molecular weight excluding hydrogens is 450 g/mol. The van der Waals surface area contributed by atoms with Crippen LogP contribution < -0.4 is 10.6 Å². The number of ether oxygens (including phenoxy) is 1. The molecule has 0 unspecified atom stereocenters. The van der Waals surface area contributed by atoms with Crippen LogP contribution in [0.5, 0.6) is 0 Å². The Morgan fingerprint density at radius 2 is 1.88 bits per heavy atom. The Bertz CT molecular complexity index is 1120. The molecule has 1 aliphatic rings. The number of hydrogen-bond donors (Lipinski definition) is 2. The monoisotopic (exact) mass is 477 g/mol. The van der Waals surface area contributed by atoms with E-state index in [1.165, 1.54) is 16.4 Å². The maximum atomic E-state index is 12.8. The third-order valence-electron chi connectivity index (χ3n) is 5.36. The zero-order chi connectivity index (χ0) is 24.0. The molecule has 2 N–H and O–H groups in total. The largest absolute Gasteiger partial charge is 0.460 e. The van der Waals surface area contributed by atoms with Crippen molar-refractivity contribution in [2.24, 2.45) is 5.92 Å². The minimum atomic E-state index is -3.92. The summed E-state index contributed by atoms with van der Waals surface area (Å²) in [7, 11) is -2.37. The fraction of sp³-hybridized carbons (Fsp3) is 0.409. The highest BCUT2D eigenvalue weighted by Gasteiger charge is 2.34. The van der Waals surface area contributed by atoms with Gasteiger partial charge in [-0.2, -0.15) is 4.31 Å². The number of piperidine rings is 1. The molecule has 1 fully saturated rings. The van der Waals surface area contributed by atoms with Gasteiger partial charge in [0.05, 0.1) is 6.61 Å². The molecule has 1 aliphatic heterocycles. The number of rotatable bonds is 8. The van der Waals surface area contributed by atoms with Gasteiger partial charge < -0.3 is 19.8 Å². The summed E-state index contributed by atoms with van der Waals surface area (Å²) in [6.07, 6.45) is 0.712. The van der Waals surface area contributed by atoms with E-state index in [1.54, 1.807) is 32.2 Å². The number of amides is 2. The van der Waals surface area contributed by atoms with Gasteiger partial charge in [0.2, 0.25) is 16.8 Å².